The summed E-state index contributed by atoms with van der Waals surface area (Å²) in [6, 6.07) is 0. The monoisotopic (exact) mass is 185 g/mol. The van der Waals surface area contributed by atoms with Crippen molar-refractivity contribution >= 4 is 22.6 Å². The maximum atomic E-state index is 9.53. The molecule has 0 aromatic rings. The Morgan fingerprint density at radius 3 is 2.20 bits per heavy atom. The van der Waals surface area contributed by atoms with E-state index in [9.17, 15) is 5.11 Å². The van der Waals surface area contributed by atoms with Gasteiger partial charge in [-0.3, -0.25) is 0 Å². The number of hydrogen-bond donors (Lipinski definition) is 0. The second-order valence-electron chi connectivity index (χ2n) is 0.747. The van der Waals surface area contributed by atoms with Crippen molar-refractivity contribution in [3.63, 3.8) is 0 Å². The Morgan fingerprint density at radius 1 is 1.60 bits per heavy atom. The van der Waals surface area contributed by atoms with Gasteiger partial charge >= 0.3 is 0 Å². The molecule has 0 bridgehead atoms. The van der Waals surface area contributed by atoms with Crippen molar-refractivity contribution in [2.75, 3.05) is 11.0 Å². The minimum atomic E-state index is 0.0862. The molecule has 0 radical (unpaired) electrons. The number of hydrogen-bond acceptors (Lipinski definition) is 1. The molecule has 0 heterocycles. The minimum absolute atomic E-state index is 0.0862. The van der Waals surface area contributed by atoms with Crippen LogP contribution in [0.2, 0.25) is 0 Å². The first kappa shape index (κ1) is 5.69. The van der Waals surface area contributed by atoms with E-state index in [1.807, 2.05) is 0 Å². The lowest BCUT2D eigenvalue weighted by atomic mass is 10.5. The van der Waals surface area contributed by atoms with Crippen molar-refractivity contribution in [2.24, 2.45) is 0 Å². The van der Waals surface area contributed by atoms with Gasteiger partial charge in [0.25, 0.3) is 0 Å². The van der Waals surface area contributed by atoms with Crippen LogP contribution in [-0.4, -0.2) is 11.0 Å². The van der Waals surface area contributed by atoms with Crippen LogP contribution in [-0.2, 0) is 0 Å². The SMILES string of the molecule is [O-]CCCI. The van der Waals surface area contributed by atoms with Crippen molar-refractivity contribution in [3.8, 4) is 0 Å². The largest absolute Gasteiger partial charge is 0.854 e. The smallest absolute Gasteiger partial charge is 0.00175 e. The molecule has 5 heavy (non-hydrogen) atoms. The Kier molecular flexibility index (Phi) is 5.34. The van der Waals surface area contributed by atoms with Crippen molar-refractivity contribution in [1.82, 2.24) is 0 Å². The normalized spacial score (nSPS) is 8.40. The molecule has 0 aliphatic heterocycles. The van der Waals surface area contributed by atoms with Crippen molar-refractivity contribution < 1.29 is 5.11 Å². The lowest BCUT2D eigenvalue weighted by Gasteiger charge is -1.93. The molecule has 0 unspecified atom stereocenters. The van der Waals surface area contributed by atoms with E-state index in [0.717, 1.165) is 10.8 Å². The van der Waals surface area contributed by atoms with Crippen LogP contribution in [0.3, 0.4) is 0 Å². The van der Waals surface area contributed by atoms with Gasteiger partial charge in [-0.05, 0) is 4.43 Å². The Morgan fingerprint density at radius 2 is 2.20 bits per heavy atom. The average molecular weight is 185 g/mol. The average Bonchev–Trinajstić information content (AvgIpc) is 1.41. The molecule has 0 fully saturated rings. The van der Waals surface area contributed by atoms with Crippen LogP contribution in [0.1, 0.15) is 6.42 Å². The van der Waals surface area contributed by atoms with Crippen molar-refractivity contribution in [2.45, 2.75) is 6.42 Å². The molecule has 0 saturated carbocycles. The van der Waals surface area contributed by atoms with Gasteiger partial charge in [-0.2, -0.15) is 0 Å². The fourth-order valence-electron chi connectivity index (χ4n) is 0.0546. The highest BCUT2D eigenvalue weighted by Gasteiger charge is 1.63. The summed E-state index contributed by atoms with van der Waals surface area (Å²) >= 11 is 2.19. The van der Waals surface area contributed by atoms with E-state index in [1.165, 1.54) is 0 Å². The molecule has 0 saturated heterocycles. The topological polar surface area (TPSA) is 23.1 Å². The van der Waals surface area contributed by atoms with Crippen molar-refractivity contribution in [1.29, 1.82) is 0 Å². The molecule has 0 atom stereocenters. The van der Waals surface area contributed by atoms with E-state index in [1.54, 1.807) is 0 Å². The van der Waals surface area contributed by atoms with Crippen LogP contribution in [0.15, 0.2) is 0 Å². The van der Waals surface area contributed by atoms with Gasteiger partial charge in [0.2, 0.25) is 0 Å². The van der Waals surface area contributed by atoms with Crippen LogP contribution >= 0.6 is 22.6 Å². The molecule has 0 rings (SSSR count). The number of alkyl halides is 1. The molecular weight excluding hydrogens is 179 g/mol. The Balaban J connectivity index is 2.19. The first-order valence-electron chi connectivity index (χ1n) is 1.56. The minimum Gasteiger partial charge on any atom is -0.854 e. The highest BCUT2D eigenvalue weighted by atomic mass is 127. The van der Waals surface area contributed by atoms with Crippen LogP contribution in [0.4, 0.5) is 0 Å². The molecule has 0 spiro atoms. The van der Waals surface area contributed by atoms with Gasteiger partial charge in [0, 0.05) is 0 Å². The van der Waals surface area contributed by atoms with Crippen LogP contribution < -0.4 is 5.11 Å². The molecule has 1 nitrogen and oxygen atoms in total. The third-order valence-corrected chi connectivity index (χ3v) is 1.04. The molecule has 32 valence electrons. The number of rotatable bonds is 2. The first-order valence-corrected chi connectivity index (χ1v) is 3.08. The van der Waals surface area contributed by atoms with E-state index in [4.69, 9.17) is 0 Å². The molecule has 0 aliphatic rings. The molecule has 0 aliphatic carbocycles. The summed E-state index contributed by atoms with van der Waals surface area (Å²) < 4.78 is 1.00. The molecule has 0 amide bonds. The first-order chi connectivity index (χ1) is 2.41. The van der Waals surface area contributed by atoms with Crippen LogP contribution in [0.5, 0.6) is 0 Å². The highest BCUT2D eigenvalue weighted by molar-refractivity contribution is 14.1. The summed E-state index contributed by atoms with van der Waals surface area (Å²) in [7, 11) is 0. The summed E-state index contributed by atoms with van der Waals surface area (Å²) in [6.45, 7) is 0.0862. The summed E-state index contributed by atoms with van der Waals surface area (Å²) in [6.07, 6.45) is 0.820. The van der Waals surface area contributed by atoms with E-state index < -0.39 is 0 Å². The van der Waals surface area contributed by atoms with Gasteiger partial charge in [0.05, 0.1) is 0 Å². The predicted octanol–water partition coefficient (Wildman–Crippen LogP) is 0.172. The summed E-state index contributed by atoms with van der Waals surface area (Å²) in [4.78, 5) is 0. The molecule has 0 aromatic carbocycles. The Bertz CT molecular complexity index is 14.4. The lowest BCUT2D eigenvalue weighted by molar-refractivity contribution is -0.367. The fraction of sp³-hybridized carbons (Fsp3) is 1.00. The number of halogens is 1. The zero-order chi connectivity index (χ0) is 4.12. The van der Waals surface area contributed by atoms with Gasteiger partial charge in [-0.1, -0.05) is 29.0 Å². The maximum absolute atomic E-state index is 9.53. The standard InChI is InChI=1S/C3H6IO/c4-2-1-3-5/h1-3H2/q-1. The molecule has 0 aromatic heterocycles. The van der Waals surface area contributed by atoms with E-state index >= 15 is 0 Å². The Hall–Kier alpha value is 0.690. The second kappa shape index (κ2) is 4.69. The zero-order valence-corrected chi connectivity index (χ0v) is 5.07. The van der Waals surface area contributed by atoms with Gasteiger partial charge in [0.15, 0.2) is 0 Å². The fourth-order valence-corrected chi connectivity index (χ4v) is 0.366. The lowest BCUT2D eigenvalue weighted by Crippen LogP contribution is -2.04. The molecule has 2 heteroatoms. The van der Waals surface area contributed by atoms with E-state index in [0.29, 0.717) is 0 Å². The Labute approximate surface area is 45.5 Å². The summed E-state index contributed by atoms with van der Waals surface area (Å²) in [5, 5.41) is 9.53. The van der Waals surface area contributed by atoms with E-state index in [2.05, 4.69) is 22.6 Å². The second-order valence-corrected chi connectivity index (χ2v) is 1.83. The van der Waals surface area contributed by atoms with Gasteiger partial charge < -0.3 is 5.11 Å². The summed E-state index contributed by atoms with van der Waals surface area (Å²) in [5.41, 5.74) is 0. The van der Waals surface area contributed by atoms with Gasteiger partial charge in [0.1, 0.15) is 0 Å². The van der Waals surface area contributed by atoms with Gasteiger partial charge in [-0.25, -0.2) is 0 Å². The molecule has 0 N–H and O–H groups in total. The zero-order valence-electron chi connectivity index (χ0n) is 2.91. The van der Waals surface area contributed by atoms with Crippen molar-refractivity contribution in [3.05, 3.63) is 0 Å². The van der Waals surface area contributed by atoms with Crippen LogP contribution in [0, 0.1) is 0 Å². The summed E-state index contributed by atoms with van der Waals surface area (Å²) in [5.74, 6) is 0. The van der Waals surface area contributed by atoms with E-state index in [-0.39, 0.29) is 6.61 Å². The third-order valence-electron chi connectivity index (χ3n) is 0.278. The van der Waals surface area contributed by atoms with Gasteiger partial charge in [-0.15, -0.1) is 6.61 Å². The maximum Gasteiger partial charge on any atom is -0.00175 e. The van der Waals surface area contributed by atoms with Crippen LogP contribution in [0.25, 0.3) is 0 Å². The third kappa shape index (κ3) is 4.69. The quantitative estimate of drug-likeness (QED) is 0.444. The predicted molar refractivity (Wildman–Crippen MR) is 28.4 cm³/mol. The molecular formula is C3H6IO-. The highest BCUT2D eigenvalue weighted by Crippen LogP contribution is 1.81.